The lowest BCUT2D eigenvalue weighted by Crippen LogP contribution is -2.39. The number of aryl methyl sites for hydroxylation is 1. The Labute approximate surface area is 153 Å². The number of nitrogens with zero attached hydrogens (tertiary/aromatic N) is 1. The van der Waals surface area contributed by atoms with Crippen molar-refractivity contribution in [1.82, 2.24) is 10.6 Å². The van der Waals surface area contributed by atoms with E-state index in [9.17, 15) is 10.2 Å². The van der Waals surface area contributed by atoms with Gasteiger partial charge in [-0.15, -0.1) is 0 Å². The minimum atomic E-state index is -0.964. The van der Waals surface area contributed by atoms with E-state index in [-0.39, 0.29) is 0 Å². The van der Waals surface area contributed by atoms with E-state index >= 15 is 0 Å². The molecule has 136 valence electrons. The molecule has 0 amide bonds. The van der Waals surface area contributed by atoms with Gasteiger partial charge in [0.05, 0.1) is 6.54 Å². The maximum Gasteiger partial charge on any atom is 0.191 e. The van der Waals surface area contributed by atoms with E-state index in [1.807, 2.05) is 35.9 Å². The van der Waals surface area contributed by atoms with Crippen molar-refractivity contribution in [2.75, 3.05) is 19.6 Å². The fraction of sp³-hybridized carbons (Fsp3) is 0.421. The van der Waals surface area contributed by atoms with E-state index in [1.54, 1.807) is 30.4 Å². The summed E-state index contributed by atoms with van der Waals surface area (Å²) < 4.78 is 0. The van der Waals surface area contributed by atoms with E-state index in [1.165, 1.54) is 5.56 Å². The minimum Gasteiger partial charge on any atom is -0.508 e. The van der Waals surface area contributed by atoms with E-state index in [0.29, 0.717) is 18.3 Å². The SMILES string of the molecule is CCNC(=NCC(C)(O)c1ccsc1)NCCCc1ccc(O)cc1. The van der Waals surface area contributed by atoms with E-state index in [2.05, 4.69) is 15.6 Å². The number of guanidine groups is 1. The lowest BCUT2D eigenvalue weighted by molar-refractivity contribution is 0.0677. The molecule has 6 heteroatoms. The molecule has 0 aliphatic heterocycles. The lowest BCUT2D eigenvalue weighted by atomic mass is 10.00. The molecule has 0 fully saturated rings. The van der Waals surface area contributed by atoms with Gasteiger partial charge >= 0.3 is 0 Å². The first-order valence-corrected chi connectivity index (χ1v) is 9.50. The van der Waals surface area contributed by atoms with Crippen LogP contribution in [0.2, 0.25) is 0 Å². The Morgan fingerprint density at radius 3 is 2.60 bits per heavy atom. The number of nitrogens with one attached hydrogen (secondary N) is 2. The Hall–Kier alpha value is -2.05. The fourth-order valence-corrected chi connectivity index (χ4v) is 3.18. The Kier molecular flexibility index (Phi) is 7.28. The Bertz CT molecular complexity index is 652. The molecule has 1 aromatic carbocycles. The summed E-state index contributed by atoms with van der Waals surface area (Å²) in [6, 6.07) is 9.22. The number of aliphatic hydroxyl groups is 1. The second-order valence-corrected chi connectivity index (χ2v) is 6.96. The summed E-state index contributed by atoms with van der Waals surface area (Å²) in [4.78, 5) is 4.51. The summed E-state index contributed by atoms with van der Waals surface area (Å²) in [7, 11) is 0. The van der Waals surface area contributed by atoms with Crippen molar-refractivity contribution in [2.24, 2.45) is 4.99 Å². The van der Waals surface area contributed by atoms with Gasteiger partial charge in [0, 0.05) is 13.1 Å². The number of benzene rings is 1. The highest BCUT2D eigenvalue weighted by Crippen LogP contribution is 2.23. The number of rotatable bonds is 8. The van der Waals surface area contributed by atoms with Crippen LogP contribution in [0.15, 0.2) is 46.1 Å². The van der Waals surface area contributed by atoms with Gasteiger partial charge in [0.1, 0.15) is 11.4 Å². The summed E-state index contributed by atoms with van der Waals surface area (Å²) in [5.74, 6) is 1.00. The quantitative estimate of drug-likeness (QED) is 0.331. The van der Waals surface area contributed by atoms with E-state index in [4.69, 9.17) is 0 Å². The van der Waals surface area contributed by atoms with E-state index < -0.39 is 5.60 Å². The van der Waals surface area contributed by atoms with Crippen molar-refractivity contribution in [3.63, 3.8) is 0 Å². The number of aromatic hydroxyl groups is 1. The minimum absolute atomic E-state index is 0.293. The Morgan fingerprint density at radius 1 is 1.20 bits per heavy atom. The third-order valence-electron chi connectivity index (χ3n) is 3.90. The molecule has 1 atom stereocenters. The van der Waals surface area contributed by atoms with Crippen LogP contribution in [-0.4, -0.2) is 35.8 Å². The van der Waals surface area contributed by atoms with Gasteiger partial charge in [0.2, 0.25) is 0 Å². The van der Waals surface area contributed by atoms with Gasteiger partial charge in [-0.2, -0.15) is 11.3 Å². The third kappa shape index (κ3) is 6.40. The molecule has 0 bridgehead atoms. The highest BCUT2D eigenvalue weighted by molar-refractivity contribution is 7.08. The molecule has 25 heavy (non-hydrogen) atoms. The number of phenolic OH excluding ortho intramolecular Hbond substituents is 1. The number of phenols is 1. The fourth-order valence-electron chi connectivity index (χ4n) is 2.40. The van der Waals surface area contributed by atoms with Gasteiger partial charge in [-0.1, -0.05) is 12.1 Å². The number of thiophene rings is 1. The molecule has 0 aliphatic rings. The van der Waals surface area contributed by atoms with Crippen molar-refractivity contribution < 1.29 is 10.2 Å². The normalized spacial score (nSPS) is 14.1. The van der Waals surface area contributed by atoms with Crippen LogP contribution in [0.5, 0.6) is 5.75 Å². The molecule has 1 aromatic heterocycles. The highest BCUT2D eigenvalue weighted by Gasteiger charge is 2.23. The van der Waals surface area contributed by atoms with Crippen LogP contribution < -0.4 is 10.6 Å². The van der Waals surface area contributed by atoms with Gasteiger partial charge in [0.15, 0.2) is 5.96 Å². The van der Waals surface area contributed by atoms with Crippen LogP contribution >= 0.6 is 11.3 Å². The second kappa shape index (κ2) is 9.44. The summed E-state index contributed by atoms with van der Waals surface area (Å²) in [5.41, 5.74) is 1.13. The van der Waals surface area contributed by atoms with Gasteiger partial charge in [0.25, 0.3) is 0 Å². The van der Waals surface area contributed by atoms with Gasteiger partial charge in [-0.05, 0) is 66.8 Å². The smallest absolute Gasteiger partial charge is 0.191 e. The van der Waals surface area contributed by atoms with Crippen LogP contribution in [0.3, 0.4) is 0 Å². The standard InChI is InChI=1S/C19H27N3O2S/c1-3-20-18(22-14-19(2,24)16-10-12-25-13-16)21-11-4-5-15-6-8-17(23)9-7-15/h6-10,12-13,23-24H,3-5,11,14H2,1-2H3,(H2,20,21,22). The maximum absolute atomic E-state index is 10.6. The number of aliphatic imine (C=N–C) groups is 1. The zero-order valence-electron chi connectivity index (χ0n) is 14.8. The third-order valence-corrected chi connectivity index (χ3v) is 4.59. The van der Waals surface area contributed by atoms with Crippen LogP contribution in [0.25, 0.3) is 0 Å². The zero-order valence-corrected chi connectivity index (χ0v) is 15.6. The summed E-state index contributed by atoms with van der Waals surface area (Å²) in [5, 5.41) is 30.3. The van der Waals surface area contributed by atoms with E-state index in [0.717, 1.165) is 31.5 Å². The average molecular weight is 362 g/mol. The van der Waals surface area contributed by atoms with Crippen molar-refractivity contribution in [1.29, 1.82) is 0 Å². The van der Waals surface area contributed by atoms with Crippen LogP contribution in [0.1, 0.15) is 31.4 Å². The van der Waals surface area contributed by atoms with Crippen molar-refractivity contribution in [3.05, 3.63) is 52.2 Å². The first kappa shape index (κ1) is 19.3. The molecule has 5 nitrogen and oxygen atoms in total. The van der Waals surface area contributed by atoms with Gasteiger partial charge in [-0.3, -0.25) is 0 Å². The van der Waals surface area contributed by atoms with Crippen molar-refractivity contribution >= 4 is 17.3 Å². The molecule has 0 saturated carbocycles. The molecule has 0 spiro atoms. The zero-order chi connectivity index (χ0) is 18.1. The lowest BCUT2D eigenvalue weighted by Gasteiger charge is -2.21. The van der Waals surface area contributed by atoms with Gasteiger partial charge in [-0.25, -0.2) is 4.99 Å². The van der Waals surface area contributed by atoms with Crippen molar-refractivity contribution in [2.45, 2.75) is 32.3 Å². The summed E-state index contributed by atoms with van der Waals surface area (Å²) in [6.45, 7) is 5.66. The second-order valence-electron chi connectivity index (χ2n) is 6.18. The monoisotopic (exact) mass is 361 g/mol. The highest BCUT2D eigenvalue weighted by atomic mass is 32.1. The molecule has 0 radical (unpaired) electrons. The van der Waals surface area contributed by atoms with Crippen LogP contribution in [-0.2, 0) is 12.0 Å². The Balaban J connectivity index is 1.82. The van der Waals surface area contributed by atoms with Gasteiger partial charge < -0.3 is 20.8 Å². The topological polar surface area (TPSA) is 76.9 Å². The molecular formula is C19H27N3O2S. The largest absolute Gasteiger partial charge is 0.508 e. The van der Waals surface area contributed by atoms with Crippen LogP contribution in [0, 0.1) is 0 Å². The summed E-state index contributed by atoms with van der Waals surface area (Å²) in [6.07, 6.45) is 1.88. The predicted octanol–water partition coefficient (Wildman–Crippen LogP) is 2.85. The molecule has 2 rings (SSSR count). The molecule has 1 heterocycles. The molecule has 0 saturated heterocycles. The molecule has 4 N–H and O–H groups in total. The molecular weight excluding hydrogens is 334 g/mol. The number of hydrogen-bond donors (Lipinski definition) is 4. The molecule has 2 aromatic rings. The molecule has 0 aliphatic carbocycles. The maximum atomic E-state index is 10.6. The Morgan fingerprint density at radius 2 is 1.96 bits per heavy atom. The molecule has 1 unspecified atom stereocenters. The summed E-state index contributed by atoms with van der Waals surface area (Å²) >= 11 is 1.57. The first-order valence-electron chi connectivity index (χ1n) is 8.56. The number of hydrogen-bond acceptors (Lipinski definition) is 4. The average Bonchev–Trinajstić information content (AvgIpc) is 3.13. The van der Waals surface area contributed by atoms with Crippen molar-refractivity contribution in [3.8, 4) is 5.75 Å². The van der Waals surface area contributed by atoms with Crippen LogP contribution in [0.4, 0.5) is 0 Å². The predicted molar refractivity (Wildman–Crippen MR) is 104 cm³/mol. The first-order chi connectivity index (χ1) is 12.0.